The van der Waals surface area contributed by atoms with Gasteiger partial charge in [-0.05, 0) is 35.6 Å². The van der Waals surface area contributed by atoms with Gasteiger partial charge in [0.1, 0.15) is 5.75 Å². The van der Waals surface area contributed by atoms with Gasteiger partial charge in [0.2, 0.25) is 10.0 Å². The van der Waals surface area contributed by atoms with E-state index < -0.39 is 10.0 Å². The molecule has 0 radical (unpaired) electrons. The Morgan fingerprint density at radius 3 is 2.86 bits per heavy atom. The van der Waals surface area contributed by atoms with E-state index in [1.54, 1.807) is 22.5 Å². The number of nitrogens with zero attached hydrogens (tertiary/aromatic N) is 1. The number of piperidine rings is 1. The second-order valence-corrected chi connectivity index (χ2v) is 8.53. The molecule has 6 heteroatoms. The molecule has 1 unspecified atom stereocenters. The number of hydrogen-bond donors (Lipinski definition) is 1. The van der Waals surface area contributed by atoms with Crippen molar-refractivity contribution in [2.24, 2.45) is 11.1 Å². The molecular weight excluding hydrogens is 288 g/mol. The second-order valence-electron chi connectivity index (χ2n) is 6.59. The van der Waals surface area contributed by atoms with Gasteiger partial charge in [0.05, 0.1) is 11.5 Å². The Kier molecular flexibility index (Phi) is 3.50. The molecule has 2 heterocycles. The summed E-state index contributed by atoms with van der Waals surface area (Å²) < 4.78 is 32.6. The average molecular weight is 310 g/mol. The minimum absolute atomic E-state index is 0.0392. The molecule has 2 N–H and O–H groups in total. The summed E-state index contributed by atoms with van der Waals surface area (Å²) in [6.07, 6.45) is 1.47. The van der Waals surface area contributed by atoms with Gasteiger partial charge in [-0.1, -0.05) is 13.8 Å². The van der Waals surface area contributed by atoms with Crippen LogP contribution in [0.15, 0.2) is 23.1 Å². The summed E-state index contributed by atoms with van der Waals surface area (Å²) in [4.78, 5) is 0.359. The van der Waals surface area contributed by atoms with Crippen molar-refractivity contribution < 1.29 is 13.2 Å². The zero-order valence-corrected chi connectivity index (χ0v) is 13.3. The maximum Gasteiger partial charge on any atom is 0.243 e. The highest BCUT2D eigenvalue weighted by molar-refractivity contribution is 7.89. The quantitative estimate of drug-likeness (QED) is 0.895. The number of fused-ring (bicyclic) bond motifs is 1. The van der Waals surface area contributed by atoms with E-state index in [0.29, 0.717) is 31.0 Å². The molecule has 1 atom stereocenters. The molecule has 0 spiro atoms. The monoisotopic (exact) mass is 310 g/mol. The van der Waals surface area contributed by atoms with Crippen LogP contribution in [0.5, 0.6) is 5.75 Å². The van der Waals surface area contributed by atoms with E-state index in [-0.39, 0.29) is 11.5 Å². The van der Waals surface area contributed by atoms with Crippen LogP contribution in [0.25, 0.3) is 0 Å². The van der Waals surface area contributed by atoms with Crippen molar-refractivity contribution in [2.45, 2.75) is 37.6 Å². The lowest BCUT2D eigenvalue weighted by atomic mass is 9.81. The van der Waals surface area contributed by atoms with E-state index >= 15 is 0 Å². The summed E-state index contributed by atoms with van der Waals surface area (Å²) in [6, 6.07) is 5.19. The van der Waals surface area contributed by atoms with Crippen molar-refractivity contribution in [1.29, 1.82) is 0 Å². The Balaban J connectivity index is 1.90. The standard InChI is InChI=1S/C15H22N2O3S/c1-15(2)10-17(7-5-14(15)16)21(18,19)12-3-4-13-11(9-12)6-8-20-13/h3-4,9,14H,5-8,10,16H2,1-2H3. The van der Waals surface area contributed by atoms with Crippen LogP contribution >= 0.6 is 0 Å². The maximum atomic E-state index is 12.8. The number of rotatable bonds is 2. The third-order valence-corrected chi connectivity index (χ3v) is 6.42. The van der Waals surface area contributed by atoms with Gasteiger partial charge in [-0.15, -0.1) is 0 Å². The van der Waals surface area contributed by atoms with Gasteiger partial charge >= 0.3 is 0 Å². The van der Waals surface area contributed by atoms with Crippen molar-refractivity contribution in [3.05, 3.63) is 23.8 Å². The van der Waals surface area contributed by atoms with Crippen LogP contribution in [0.3, 0.4) is 0 Å². The molecule has 1 aromatic rings. The van der Waals surface area contributed by atoms with E-state index in [9.17, 15) is 8.42 Å². The lowest BCUT2D eigenvalue weighted by molar-refractivity contribution is 0.155. The number of ether oxygens (including phenoxy) is 1. The lowest BCUT2D eigenvalue weighted by Gasteiger charge is -2.41. The second kappa shape index (κ2) is 4.97. The van der Waals surface area contributed by atoms with Gasteiger partial charge in [0.15, 0.2) is 0 Å². The highest BCUT2D eigenvalue weighted by Gasteiger charge is 2.39. The average Bonchev–Trinajstić information content (AvgIpc) is 2.88. The first-order valence-corrected chi connectivity index (χ1v) is 8.76. The van der Waals surface area contributed by atoms with Crippen molar-refractivity contribution >= 4 is 10.0 Å². The Morgan fingerprint density at radius 1 is 1.38 bits per heavy atom. The van der Waals surface area contributed by atoms with E-state index in [1.165, 1.54) is 0 Å². The van der Waals surface area contributed by atoms with E-state index in [1.807, 2.05) is 13.8 Å². The summed E-state index contributed by atoms with van der Waals surface area (Å²) in [5.41, 5.74) is 6.87. The predicted octanol–water partition coefficient (Wildman–Crippen LogP) is 1.37. The zero-order valence-electron chi connectivity index (χ0n) is 12.5. The molecule has 5 nitrogen and oxygen atoms in total. The SMILES string of the molecule is CC1(C)CN(S(=O)(=O)c2ccc3c(c2)CCO3)CCC1N. The van der Waals surface area contributed by atoms with Gasteiger partial charge < -0.3 is 10.5 Å². The Hall–Kier alpha value is -1.11. The molecular formula is C15H22N2O3S. The lowest BCUT2D eigenvalue weighted by Crippen LogP contribution is -2.53. The van der Waals surface area contributed by atoms with Crippen LogP contribution in [0.4, 0.5) is 0 Å². The first-order chi connectivity index (χ1) is 9.80. The fourth-order valence-corrected chi connectivity index (χ4v) is 4.68. The van der Waals surface area contributed by atoms with Crippen molar-refractivity contribution in [2.75, 3.05) is 19.7 Å². The number of sulfonamides is 1. The van der Waals surface area contributed by atoms with Crippen LogP contribution in [0, 0.1) is 5.41 Å². The molecule has 0 amide bonds. The normalized spacial score (nSPS) is 25.4. The molecule has 116 valence electrons. The molecule has 1 saturated heterocycles. The topological polar surface area (TPSA) is 72.6 Å². The highest BCUT2D eigenvalue weighted by atomic mass is 32.2. The van der Waals surface area contributed by atoms with Crippen molar-refractivity contribution in [3.63, 3.8) is 0 Å². The summed E-state index contributed by atoms with van der Waals surface area (Å²) in [7, 11) is -3.46. The van der Waals surface area contributed by atoms with Crippen LogP contribution in [0.1, 0.15) is 25.8 Å². The molecule has 0 bridgehead atoms. The van der Waals surface area contributed by atoms with Gasteiger partial charge in [0, 0.05) is 25.6 Å². The number of benzene rings is 1. The van der Waals surface area contributed by atoms with Crippen molar-refractivity contribution in [1.82, 2.24) is 4.31 Å². The molecule has 0 saturated carbocycles. The van der Waals surface area contributed by atoms with Gasteiger partial charge in [-0.2, -0.15) is 4.31 Å². The smallest absolute Gasteiger partial charge is 0.243 e. The van der Waals surface area contributed by atoms with E-state index in [2.05, 4.69) is 0 Å². The van der Waals surface area contributed by atoms with Crippen LogP contribution < -0.4 is 10.5 Å². The minimum atomic E-state index is -3.46. The Labute approximate surface area is 126 Å². The predicted molar refractivity (Wildman–Crippen MR) is 80.8 cm³/mol. The van der Waals surface area contributed by atoms with Gasteiger partial charge in [-0.3, -0.25) is 0 Å². The molecule has 21 heavy (non-hydrogen) atoms. The van der Waals surface area contributed by atoms with Crippen LogP contribution in [-0.4, -0.2) is 38.5 Å². The van der Waals surface area contributed by atoms with E-state index in [4.69, 9.17) is 10.5 Å². The first-order valence-electron chi connectivity index (χ1n) is 7.32. The molecule has 1 fully saturated rings. The molecule has 0 aromatic heterocycles. The third-order valence-electron chi connectivity index (χ3n) is 4.58. The van der Waals surface area contributed by atoms with Gasteiger partial charge in [0.25, 0.3) is 0 Å². The maximum absolute atomic E-state index is 12.8. The zero-order chi connectivity index (χ0) is 15.3. The molecule has 3 rings (SSSR count). The molecule has 1 aromatic carbocycles. The summed E-state index contributed by atoms with van der Waals surface area (Å²) in [5, 5.41) is 0. The van der Waals surface area contributed by atoms with E-state index in [0.717, 1.165) is 17.7 Å². The molecule has 2 aliphatic heterocycles. The summed E-state index contributed by atoms with van der Waals surface area (Å²) in [6.45, 7) is 5.63. The Bertz CT molecular complexity index is 655. The number of hydrogen-bond acceptors (Lipinski definition) is 4. The van der Waals surface area contributed by atoms with Crippen LogP contribution in [-0.2, 0) is 16.4 Å². The van der Waals surface area contributed by atoms with Crippen LogP contribution in [0.2, 0.25) is 0 Å². The largest absolute Gasteiger partial charge is 0.493 e. The Morgan fingerprint density at radius 2 is 2.14 bits per heavy atom. The fourth-order valence-electron chi connectivity index (χ4n) is 3.00. The molecule has 0 aliphatic carbocycles. The third kappa shape index (κ3) is 2.56. The number of nitrogens with two attached hydrogens (primary N) is 1. The molecule has 2 aliphatic rings. The highest BCUT2D eigenvalue weighted by Crippen LogP contribution is 2.33. The summed E-state index contributed by atoms with van der Waals surface area (Å²) in [5.74, 6) is 0.801. The fraction of sp³-hybridized carbons (Fsp3) is 0.600. The first kappa shape index (κ1) is 14.8. The summed E-state index contributed by atoms with van der Waals surface area (Å²) >= 11 is 0. The van der Waals surface area contributed by atoms with Gasteiger partial charge in [-0.25, -0.2) is 8.42 Å². The van der Waals surface area contributed by atoms with Crippen molar-refractivity contribution in [3.8, 4) is 5.75 Å². The minimum Gasteiger partial charge on any atom is -0.493 e.